The first kappa shape index (κ1) is 17.7. The number of allylic oxidation sites excluding steroid dienone is 4. The third-order valence-corrected chi connectivity index (χ3v) is 7.88. The Kier molecular flexibility index (Phi) is 3.92. The van der Waals surface area contributed by atoms with Gasteiger partial charge in [0.15, 0.2) is 0 Å². The zero-order valence-electron chi connectivity index (χ0n) is 15.9. The summed E-state index contributed by atoms with van der Waals surface area (Å²) < 4.78 is 1.32. The average molecular weight is 496 g/mol. The van der Waals surface area contributed by atoms with Crippen LogP contribution in [-0.2, 0) is 0 Å². The predicted octanol–water partition coefficient (Wildman–Crippen LogP) is 6.09. The minimum absolute atomic E-state index is 0.167. The molecule has 2 heterocycles. The summed E-state index contributed by atoms with van der Waals surface area (Å²) in [5.41, 5.74) is 5.74. The molecule has 2 aromatic carbocycles. The van der Waals surface area contributed by atoms with Gasteiger partial charge in [-0.3, -0.25) is 10.1 Å². The van der Waals surface area contributed by atoms with E-state index in [1.165, 1.54) is 25.9 Å². The number of non-ortho nitro benzene ring substituents is 1. The number of hydrogen-bond acceptors (Lipinski definition) is 3. The lowest BCUT2D eigenvalue weighted by Gasteiger charge is -2.51. The van der Waals surface area contributed by atoms with Gasteiger partial charge in [-0.1, -0.05) is 36.4 Å². The minimum atomic E-state index is -0.310. The molecule has 5 heteroatoms. The van der Waals surface area contributed by atoms with Gasteiger partial charge in [0.25, 0.3) is 5.69 Å². The molecule has 0 N–H and O–H groups in total. The van der Waals surface area contributed by atoms with Crippen LogP contribution in [0.25, 0.3) is 0 Å². The molecule has 0 unspecified atom stereocenters. The van der Waals surface area contributed by atoms with E-state index in [1.807, 2.05) is 12.1 Å². The van der Waals surface area contributed by atoms with Crippen molar-refractivity contribution in [2.75, 3.05) is 11.4 Å². The van der Waals surface area contributed by atoms with Gasteiger partial charge in [-0.25, -0.2) is 0 Å². The first-order chi connectivity index (χ1) is 14.1. The van der Waals surface area contributed by atoms with Gasteiger partial charge in [0, 0.05) is 39.8 Å². The smallest absolute Gasteiger partial charge is 0.269 e. The van der Waals surface area contributed by atoms with E-state index in [-0.39, 0.29) is 16.7 Å². The molecule has 0 aromatic heterocycles. The van der Waals surface area contributed by atoms with Gasteiger partial charge in [-0.05, 0) is 76.1 Å². The zero-order chi connectivity index (χ0) is 19.7. The fraction of sp³-hybridized carbons (Fsp3) is 0.333. The highest BCUT2D eigenvalue weighted by Gasteiger charge is 2.47. The topological polar surface area (TPSA) is 46.4 Å². The van der Waals surface area contributed by atoms with Crippen molar-refractivity contribution in [3.05, 3.63) is 91.1 Å². The Morgan fingerprint density at radius 1 is 1.00 bits per heavy atom. The van der Waals surface area contributed by atoms with Crippen LogP contribution in [0.2, 0.25) is 0 Å². The van der Waals surface area contributed by atoms with Crippen molar-refractivity contribution < 1.29 is 4.92 Å². The van der Waals surface area contributed by atoms with Crippen molar-refractivity contribution in [1.82, 2.24) is 0 Å². The van der Waals surface area contributed by atoms with Gasteiger partial charge in [-0.15, -0.1) is 0 Å². The van der Waals surface area contributed by atoms with Gasteiger partial charge in [0.1, 0.15) is 0 Å². The Bertz CT molecular complexity index is 1060. The maximum Gasteiger partial charge on any atom is 0.269 e. The maximum atomic E-state index is 11.1. The number of nitro groups is 1. The van der Waals surface area contributed by atoms with E-state index >= 15 is 0 Å². The second-order valence-electron chi connectivity index (χ2n) is 8.68. The lowest BCUT2D eigenvalue weighted by molar-refractivity contribution is -0.384. The molecule has 0 saturated carbocycles. The highest BCUT2D eigenvalue weighted by molar-refractivity contribution is 14.1. The zero-order valence-corrected chi connectivity index (χ0v) is 18.0. The summed E-state index contributed by atoms with van der Waals surface area (Å²) in [5, 5.41) is 11.1. The van der Waals surface area contributed by atoms with Crippen LogP contribution in [0.5, 0.6) is 0 Å². The second-order valence-corrected chi connectivity index (χ2v) is 9.93. The molecule has 0 spiro atoms. The Morgan fingerprint density at radius 2 is 1.69 bits per heavy atom. The molecule has 2 aliphatic carbocycles. The summed E-state index contributed by atoms with van der Waals surface area (Å²) in [6, 6.07) is 12.3. The van der Waals surface area contributed by atoms with E-state index in [0.29, 0.717) is 23.7 Å². The third-order valence-electron chi connectivity index (χ3n) is 7.26. The molecule has 5 atom stereocenters. The molecule has 6 rings (SSSR count). The highest BCUT2D eigenvalue weighted by atomic mass is 127. The first-order valence-corrected chi connectivity index (χ1v) is 11.4. The summed E-state index contributed by atoms with van der Waals surface area (Å²) in [6.07, 6.45) is 11.7. The predicted molar refractivity (Wildman–Crippen MR) is 122 cm³/mol. The average Bonchev–Trinajstić information content (AvgIpc) is 3.37. The van der Waals surface area contributed by atoms with Crippen molar-refractivity contribution in [3.63, 3.8) is 0 Å². The van der Waals surface area contributed by atoms with Crippen molar-refractivity contribution in [3.8, 4) is 0 Å². The fourth-order valence-electron chi connectivity index (χ4n) is 6.11. The Morgan fingerprint density at radius 3 is 2.45 bits per heavy atom. The Hall–Kier alpha value is -2.15. The number of hydrogen-bond donors (Lipinski definition) is 0. The summed E-state index contributed by atoms with van der Waals surface area (Å²) in [5.74, 6) is 2.06. The molecule has 0 amide bonds. The first-order valence-electron chi connectivity index (χ1n) is 10.3. The highest BCUT2D eigenvalue weighted by Crippen LogP contribution is 2.58. The standard InChI is InChI=1S/C24H21IN2O2/c25-16-11-21-18-4-1-3-15(18)13-26-23(14-7-9-17(10-8-14)27(28)29)20-6-2-5-19(20)22(12-16)24(21)26/h1-2,4-5,7-12,15,18-20,23H,3,6,13H2/t15-,18+,19+,20-,23+/m1/s1. The van der Waals surface area contributed by atoms with Crippen LogP contribution < -0.4 is 4.90 Å². The number of benzene rings is 2. The third kappa shape index (κ3) is 2.56. The number of anilines is 1. The van der Waals surface area contributed by atoms with Crippen molar-refractivity contribution in [2.45, 2.75) is 30.7 Å². The largest absolute Gasteiger partial charge is 0.363 e. The fourth-order valence-corrected chi connectivity index (χ4v) is 6.78. The van der Waals surface area contributed by atoms with Crippen molar-refractivity contribution >= 4 is 34.0 Å². The summed E-state index contributed by atoms with van der Waals surface area (Å²) in [7, 11) is 0. The molecule has 0 fully saturated rings. The van der Waals surface area contributed by atoms with E-state index in [9.17, 15) is 10.1 Å². The maximum absolute atomic E-state index is 11.1. The van der Waals surface area contributed by atoms with E-state index in [1.54, 1.807) is 12.1 Å². The molecule has 146 valence electrons. The summed E-state index contributed by atoms with van der Waals surface area (Å²) in [6.45, 7) is 1.06. The number of nitro benzene ring substituents is 1. The van der Waals surface area contributed by atoms with E-state index in [2.05, 4.69) is 63.9 Å². The van der Waals surface area contributed by atoms with E-state index in [0.717, 1.165) is 19.4 Å². The molecule has 2 aromatic rings. The van der Waals surface area contributed by atoms with Gasteiger partial charge in [0.05, 0.1) is 11.0 Å². The van der Waals surface area contributed by atoms with Gasteiger partial charge in [0.2, 0.25) is 0 Å². The number of halogens is 1. The number of rotatable bonds is 2. The molecule has 4 aliphatic rings. The molecule has 0 radical (unpaired) electrons. The molecular weight excluding hydrogens is 475 g/mol. The van der Waals surface area contributed by atoms with Gasteiger partial charge in [-0.2, -0.15) is 0 Å². The molecule has 2 aliphatic heterocycles. The van der Waals surface area contributed by atoms with Gasteiger partial charge >= 0.3 is 0 Å². The van der Waals surface area contributed by atoms with Crippen LogP contribution in [0, 0.1) is 25.5 Å². The van der Waals surface area contributed by atoms with Crippen LogP contribution >= 0.6 is 22.6 Å². The quantitative estimate of drug-likeness (QED) is 0.219. The second kappa shape index (κ2) is 6.42. The van der Waals surface area contributed by atoms with Crippen LogP contribution in [0.15, 0.2) is 60.7 Å². The molecule has 0 saturated heterocycles. The van der Waals surface area contributed by atoms with Crippen molar-refractivity contribution in [2.24, 2.45) is 11.8 Å². The van der Waals surface area contributed by atoms with Crippen molar-refractivity contribution in [1.29, 1.82) is 0 Å². The number of fused-ring (bicyclic) bond motifs is 4. The van der Waals surface area contributed by atoms with Crippen LogP contribution in [0.3, 0.4) is 0 Å². The normalized spacial score (nSPS) is 30.8. The minimum Gasteiger partial charge on any atom is -0.363 e. The Balaban J connectivity index is 1.54. The molecule has 4 nitrogen and oxygen atoms in total. The van der Waals surface area contributed by atoms with Crippen LogP contribution in [0.1, 0.15) is 47.4 Å². The van der Waals surface area contributed by atoms with E-state index in [4.69, 9.17) is 0 Å². The lowest BCUT2D eigenvalue weighted by Crippen LogP contribution is -2.46. The molecule has 29 heavy (non-hydrogen) atoms. The van der Waals surface area contributed by atoms with Gasteiger partial charge < -0.3 is 4.90 Å². The Labute approximate surface area is 183 Å². The number of nitrogens with zero attached hydrogens (tertiary/aromatic N) is 2. The SMILES string of the molecule is O=[N+]([O-])c1ccc([C@H]2[C@@H]3CC=C[C@@H]3c3cc(I)cc4c3N2C[C@H]2CC=C[C@H]42)cc1. The lowest BCUT2D eigenvalue weighted by atomic mass is 9.71. The monoisotopic (exact) mass is 496 g/mol. The summed E-state index contributed by atoms with van der Waals surface area (Å²) >= 11 is 2.47. The molecular formula is C24H21IN2O2. The van der Waals surface area contributed by atoms with Crippen LogP contribution in [-0.4, -0.2) is 11.5 Å². The van der Waals surface area contributed by atoms with E-state index < -0.39 is 0 Å². The summed E-state index contributed by atoms with van der Waals surface area (Å²) in [4.78, 5) is 13.5. The van der Waals surface area contributed by atoms with Crippen LogP contribution in [0.4, 0.5) is 11.4 Å². The molecule has 0 bridgehead atoms.